The maximum Gasteiger partial charge on any atom is 0.287 e. The van der Waals surface area contributed by atoms with Gasteiger partial charge in [-0.15, -0.1) is 0 Å². The molecule has 1 saturated heterocycles. The van der Waals surface area contributed by atoms with Crippen LogP contribution in [-0.2, 0) is 29.2 Å². The number of hydrogen-bond acceptors (Lipinski definition) is 5. The van der Waals surface area contributed by atoms with Crippen LogP contribution in [0.3, 0.4) is 0 Å². The summed E-state index contributed by atoms with van der Waals surface area (Å²) < 4.78 is 17.0. The van der Waals surface area contributed by atoms with E-state index in [1.54, 1.807) is 7.11 Å². The second-order valence-electron chi connectivity index (χ2n) is 8.24. The highest BCUT2D eigenvalue weighted by Crippen LogP contribution is 2.26. The summed E-state index contributed by atoms with van der Waals surface area (Å²) >= 11 is 0. The number of amides is 1. The normalized spacial score (nSPS) is 19.6. The summed E-state index contributed by atoms with van der Waals surface area (Å²) in [5, 5.41) is 3.95. The van der Waals surface area contributed by atoms with E-state index < -0.39 is 0 Å². The van der Waals surface area contributed by atoms with Crippen molar-refractivity contribution in [3.05, 3.63) is 71.0 Å². The van der Waals surface area contributed by atoms with Crippen LogP contribution in [0.25, 0.3) is 11.0 Å². The van der Waals surface area contributed by atoms with Crippen LogP contribution in [0.2, 0.25) is 0 Å². The average Bonchev–Trinajstić information content (AvgIpc) is 3.11. The molecule has 1 N–H and O–H groups in total. The van der Waals surface area contributed by atoms with Crippen LogP contribution in [0.1, 0.15) is 41.1 Å². The number of carbonyl (C=O) groups excluding carboxylic acids is 1. The molecule has 2 aromatic carbocycles. The minimum Gasteiger partial charge on any atom is -0.451 e. The van der Waals surface area contributed by atoms with E-state index in [1.807, 2.05) is 36.4 Å². The van der Waals surface area contributed by atoms with Crippen molar-refractivity contribution in [2.24, 2.45) is 0 Å². The number of fused-ring (bicyclic) bond motifs is 1. The molecule has 0 spiro atoms. The lowest BCUT2D eigenvalue weighted by Crippen LogP contribution is -2.45. The molecular weight excluding hydrogens is 392 g/mol. The minimum absolute atomic E-state index is 0.225. The highest BCUT2D eigenvalue weighted by atomic mass is 16.5. The first-order valence-corrected chi connectivity index (χ1v) is 10.8. The quantitative estimate of drug-likeness (QED) is 0.621. The molecule has 6 nitrogen and oxygen atoms in total. The van der Waals surface area contributed by atoms with Gasteiger partial charge < -0.3 is 19.2 Å². The van der Waals surface area contributed by atoms with Gasteiger partial charge in [0.15, 0.2) is 5.76 Å². The third-order valence-electron chi connectivity index (χ3n) is 5.64. The van der Waals surface area contributed by atoms with E-state index in [2.05, 4.69) is 36.2 Å². The predicted molar refractivity (Wildman–Crippen MR) is 120 cm³/mol. The summed E-state index contributed by atoms with van der Waals surface area (Å²) in [4.78, 5) is 15.4. The smallest absolute Gasteiger partial charge is 0.287 e. The van der Waals surface area contributed by atoms with E-state index in [0.717, 1.165) is 36.1 Å². The largest absolute Gasteiger partial charge is 0.451 e. The van der Waals surface area contributed by atoms with Gasteiger partial charge in [0.25, 0.3) is 5.91 Å². The SMILES string of the molecule is COCc1c(C(=O)NCc2ccccc2CN2CC(C)OC(C)C2)oc2ccccc12. The molecule has 2 unspecified atom stereocenters. The molecule has 1 aliphatic heterocycles. The first kappa shape index (κ1) is 21.6. The Labute approximate surface area is 183 Å². The minimum atomic E-state index is -0.230. The zero-order chi connectivity index (χ0) is 21.8. The zero-order valence-electron chi connectivity index (χ0n) is 18.4. The molecule has 6 heteroatoms. The monoisotopic (exact) mass is 422 g/mol. The van der Waals surface area contributed by atoms with Gasteiger partial charge in [0.05, 0.1) is 18.8 Å². The summed E-state index contributed by atoms with van der Waals surface area (Å²) in [6.07, 6.45) is 0.450. The molecule has 1 amide bonds. The molecule has 1 aliphatic rings. The van der Waals surface area contributed by atoms with Crippen molar-refractivity contribution in [1.82, 2.24) is 10.2 Å². The summed E-state index contributed by atoms with van der Waals surface area (Å²) in [6.45, 7) is 7.63. The highest BCUT2D eigenvalue weighted by molar-refractivity contribution is 5.99. The molecule has 0 bridgehead atoms. The lowest BCUT2D eigenvalue weighted by molar-refractivity contribution is -0.0705. The number of nitrogens with one attached hydrogen (secondary N) is 1. The van der Waals surface area contributed by atoms with Gasteiger partial charge in [-0.05, 0) is 31.0 Å². The Morgan fingerprint density at radius 1 is 1.06 bits per heavy atom. The number of rotatable bonds is 7. The summed E-state index contributed by atoms with van der Waals surface area (Å²) in [7, 11) is 1.62. The van der Waals surface area contributed by atoms with Crippen molar-refractivity contribution in [2.75, 3.05) is 20.2 Å². The molecule has 1 fully saturated rings. The number of benzene rings is 2. The van der Waals surface area contributed by atoms with Gasteiger partial charge in [-0.3, -0.25) is 9.69 Å². The van der Waals surface area contributed by atoms with E-state index >= 15 is 0 Å². The van der Waals surface area contributed by atoms with Crippen LogP contribution in [0.4, 0.5) is 0 Å². The van der Waals surface area contributed by atoms with E-state index in [0.29, 0.717) is 24.5 Å². The lowest BCUT2D eigenvalue weighted by Gasteiger charge is -2.35. The molecule has 0 saturated carbocycles. The first-order chi connectivity index (χ1) is 15.0. The van der Waals surface area contributed by atoms with Crippen molar-refractivity contribution in [3.8, 4) is 0 Å². The van der Waals surface area contributed by atoms with Crippen LogP contribution in [0, 0.1) is 0 Å². The Kier molecular flexibility index (Phi) is 6.70. The van der Waals surface area contributed by atoms with Crippen molar-refractivity contribution >= 4 is 16.9 Å². The fourth-order valence-electron chi connectivity index (χ4n) is 4.36. The number of morpholine rings is 1. The molecule has 3 aromatic rings. The molecule has 4 rings (SSSR count). The molecule has 0 radical (unpaired) electrons. The number of hydrogen-bond donors (Lipinski definition) is 1. The first-order valence-electron chi connectivity index (χ1n) is 10.8. The number of nitrogens with zero attached hydrogens (tertiary/aromatic N) is 1. The van der Waals surface area contributed by atoms with Crippen LogP contribution < -0.4 is 5.32 Å². The van der Waals surface area contributed by atoms with E-state index in [-0.39, 0.29) is 18.1 Å². The van der Waals surface area contributed by atoms with Crippen LogP contribution in [-0.4, -0.2) is 43.2 Å². The molecule has 1 aromatic heterocycles. The lowest BCUT2D eigenvalue weighted by atomic mass is 10.1. The molecule has 2 heterocycles. The van der Waals surface area contributed by atoms with E-state index in [9.17, 15) is 4.79 Å². The zero-order valence-corrected chi connectivity index (χ0v) is 18.4. The van der Waals surface area contributed by atoms with E-state index in [1.165, 1.54) is 5.56 Å². The van der Waals surface area contributed by atoms with Crippen molar-refractivity contribution in [1.29, 1.82) is 0 Å². The molecule has 164 valence electrons. The Balaban J connectivity index is 1.48. The standard InChI is InChI=1S/C25H30N2O4/c1-17-13-27(14-18(2)30-17)15-20-9-5-4-8-19(20)12-26-25(28)24-22(16-29-3)21-10-6-7-11-23(21)31-24/h4-11,17-18H,12-16H2,1-3H3,(H,26,28). The summed E-state index contributed by atoms with van der Waals surface area (Å²) in [5.74, 6) is 0.0861. The topological polar surface area (TPSA) is 63.9 Å². The van der Waals surface area contributed by atoms with Gasteiger partial charge >= 0.3 is 0 Å². The molecular formula is C25H30N2O4. The third-order valence-corrected chi connectivity index (χ3v) is 5.64. The van der Waals surface area contributed by atoms with Crippen molar-refractivity contribution < 1.29 is 18.7 Å². The van der Waals surface area contributed by atoms with Crippen molar-refractivity contribution in [2.45, 2.75) is 45.8 Å². The van der Waals surface area contributed by atoms with Crippen LogP contribution >= 0.6 is 0 Å². The van der Waals surface area contributed by atoms with Gasteiger partial charge in [-0.1, -0.05) is 42.5 Å². The third kappa shape index (κ3) is 4.98. The fourth-order valence-corrected chi connectivity index (χ4v) is 4.36. The van der Waals surface area contributed by atoms with E-state index in [4.69, 9.17) is 13.9 Å². The second-order valence-corrected chi connectivity index (χ2v) is 8.24. The van der Waals surface area contributed by atoms with Crippen LogP contribution in [0.15, 0.2) is 52.9 Å². The van der Waals surface area contributed by atoms with Gasteiger partial charge in [0.1, 0.15) is 5.58 Å². The maximum atomic E-state index is 13.0. The van der Waals surface area contributed by atoms with Crippen molar-refractivity contribution in [3.63, 3.8) is 0 Å². The van der Waals surface area contributed by atoms with Gasteiger partial charge in [-0.2, -0.15) is 0 Å². The predicted octanol–water partition coefficient (Wildman–Crippen LogP) is 4.12. The van der Waals surface area contributed by atoms with Gasteiger partial charge in [0.2, 0.25) is 0 Å². The van der Waals surface area contributed by atoms with Gasteiger partial charge in [-0.25, -0.2) is 0 Å². The Morgan fingerprint density at radius 2 is 1.74 bits per heavy atom. The number of furan rings is 1. The number of para-hydroxylation sites is 1. The number of methoxy groups -OCH3 is 1. The number of ether oxygens (including phenoxy) is 2. The Hall–Kier alpha value is -2.67. The second kappa shape index (κ2) is 9.64. The summed E-state index contributed by atoms with van der Waals surface area (Å²) in [6, 6.07) is 15.9. The number of carbonyl (C=O) groups is 1. The summed E-state index contributed by atoms with van der Waals surface area (Å²) in [5.41, 5.74) is 3.79. The Morgan fingerprint density at radius 3 is 2.48 bits per heavy atom. The highest BCUT2D eigenvalue weighted by Gasteiger charge is 2.23. The maximum absolute atomic E-state index is 13.0. The van der Waals surface area contributed by atoms with Crippen LogP contribution in [0.5, 0.6) is 0 Å². The fraction of sp³-hybridized carbons (Fsp3) is 0.400. The van der Waals surface area contributed by atoms with Gasteiger partial charge in [0, 0.05) is 44.2 Å². The molecule has 2 atom stereocenters. The average molecular weight is 423 g/mol. The molecule has 0 aliphatic carbocycles. The molecule has 31 heavy (non-hydrogen) atoms. The Bertz CT molecular complexity index is 1030.